The van der Waals surface area contributed by atoms with Crippen LogP contribution in [0.25, 0.3) is 0 Å². The lowest BCUT2D eigenvalue weighted by atomic mass is 10.3. The Labute approximate surface area is 103 Å². The molecule has 4 nitrogen and oxygen atoms in total. The first-order chi connectivity index (χ1) is 8.02. The van der Waals surface area contributed by atoms with Crippen LogP contribution in [0.5, 0.6) is 0 Å². The maximum Gasteiger partial charge on any atom is 0.0855 e. The second-order valence-corrected chi connectivity index (χ2v) is 3.89. The van der Waals surface area contributed by atoms with E-state index in [1.165, 1.54) is 0 Å². The van der Waals surface area contributed by atoms with Crippen LogP contribution in [0.3, 0.4) is 0 Å². The van der Waals surface area contributed by atoms with Crippen LogP contribution in [0.15, 0.2) is 33.7 Å². The molecule has 0 aliphatic rings. The van der Waals surface area contributed by atoms with Crippen molar-refractivity contribution in [3.05, 3.63) is 23.7 Å². The molecule has 4 heteroatoms. The topological polar surface area (TPSA) is 65.2 Å². The average molecular weight is 238 g/mol. The van der Waals surface area contributed by atoms with Gasteiger partial charge in [0.2, 0.25) is 0 Å². The van der Waals surface area contributed by atoms with Gasteiger partial charge in [-0.1, -0.05) is 0 Å². The molecule has 17 heavy (non-hydrogen) atoms. The summed E-state index contributed by atoms with van der Waals surface area (Å²) in [6, 6.07) is 0.137. The molecule has 1 unspecified atom stereocenters. The van der Waals surface area contributed by atoms with Crippen LogP contribution in [-0.4, -0.2) is 35.2 Å². The molecule has 0 saturated heterocycles. The molecule has 0 radical (unpaired) electrons. The third-order valence-corrected chi connectivity index (χ3v) is 1.90. The minimum absolute atomic E-state index is 0.137. The van der Waals surface area contributed by atoms with E-state index in [1.54, 1.807) is 38.4 Å². The number of rotatable bonds is 7. The first-order valence-corrected chi connectivity index (χ1v) is 5.73. The molecule has 0 heterocycles. The summed E-state index contributed by atoms with van der Waals surface area (Å²) < 4.78 is 0. The van der Waals surface area contributed by atoms with E-state index in [9.17, 15) is 0 Å². The fourth-order valence-corrected chi connectivity index (χ4v) is 1.04. The second-order valence-electron chi connectivity index (χ2n) is 3.89. The van der Waals surface area contributed by atoms with Gasteiger partial charge in [-0.3, -0.25) is 9.98 Å². The van der Waals surface area contributed by atoms with Gasteiger partial charge in [-0.05, 0) is 32.9 Å². The summed E-state index contributed by atoms with van der Waals surface area (Å²) in [5.74, 6) is 0.627. The van der Waals surface area contributed by atoms with Gasteiger partial charge in [-0.2, -0.15) is 0 Å². The first-order valence-electron chi connectivity index (χ1n) is 5.73. The zero-order chi connectivity index (χ0) is 13.1. The fourth-order valence-electron chi connectivity index (χ4n) is 1.04. The molecule has 0 aromatic rings. The van der Waals surface area contributed by atoms with Gasteiger partial charge in [0.15, 0.2) is 0 Å². The van der Waals surface area contributed by atoms with Gasteiger partial charge < -0.3 is 10.2 Å². The van der Waals surface area contributed by atoms with Crippen LogP contribution >= 0.6 is 0 Å². The lowest BCUT2D eigenvalue weighted by molar-refractivity contribution is 0.412. The maximum atomic E-state index is 8.91. The molecule has 0 rings (SSSR count). The van der Waals surface area contributed by atoms with Crippen molar-refractivity contribution in [2.45, 2.75) is 39.7 Å². The number of aliphatic imine (C=N–C) groups is 2. The van der Waals surface area contributed by atoms with Gasteiger partial charge in [0, 0.05) is 25.3 Å². The molecule has 0 amide bonds. The van der Waals surface area contributed by atoms with Crippen molar-refractivity contribution < 1.29 is 10.2 Å². The van der Waals surface area contributed by atoms with Crippen LogP contribution < -0.4 is 0 Å². The SMILES string of the molecule is CC(O)=CCC=NCC(C)N=CCC=C(C)O. The highest BCUT2D eigenvalue weighted by atomic mass is 16.3. The van der Waals surface area contributed by atoms with Crippen LogP contribution in [-0.2, 0) is 0 Å². The number of aliphatic hydroxyl groups excluding tert-OH is 2. The number of hydrogen-bond donors (Lipinski definition) is 2. The fraction of sp³-hybridized carbons (Fsp3) is 0.538. The molecule has 0 fully saturated rings. The minimum atomic E-state index is 0.137. The number of hydrogen-bond acceptors (Lipinski definition) is 4. The van der Waals surface area contributed by atoms with E-state index < -0.39 is 0 Å². The van der Waals surface area contributed by atoms with E-state index in [1.807, 2.05) is 6.92 Å². The molecule has 0 saturated carbocycles. The van der Waals surface area contributed by atoms with Gasteiger partial charge in [-0.25, -0.2) is 0 Å². The van der Waals surface area contributed by atoms with Crippen molar-refractivity contribution in [3.8, 4) is 0 Å². The normalized spacial score (nSPS) is 15.9. The van der Waals surface area contributed by atoms with Crippen LogP contribution in [0.4, 0.5) is 0 Å². The molecule has 0 aromatic heterocycles. The number of aliphatic hydroxyl groups is 2. The Bertz CT molecular complexity index is 309. The lowest BCUT2D eigenvalue weighted by Gasteiger charge is -2.00. The summed E-state index contributed by atoms with van der Waals surface area (Å²) in [5.41, 5.74) is 0. The molecule has 0 spiro atoms. The predicted molar refractivity (Wildman–Crippen MR) is 73.3 cm³/mol. The van der Waals surface area contributed by atoms with E-state index in [0.717, 1.165) is 0 Å². The van der Waals surface area contributed by atoms with Crippen molar-refractivity contribution in [2.24, 2.45) is 9.98 Å². The molecule has 0 bridgehead atoms. The monoisotopic (exact) mass is 238 g/mol. The smallest absolute Gasteiger partial charge is 0.0855 e. The summed E-state index contributed by atoms with van der Waals surface area (Å²) >= 11 is 0. The molecule has 0 aliphatic carbocycles. The van der Waals surface area contributed by atoms with E-state index in [-0.39, 0.29) is 6.04 Å². The quantitative estimate of drug-likeness (QED) is 0.528. The Kier molecular flexibility index (Phi) is 8.74. The predicted octanol–water partition coefficient (Wildman–Crippen LogP) is 3.22. The first kappa shape index (κ1) is 15.4. The van der Waals surface area contributed by atoms with Gasteiger partial charge in [0.05, 0.1) is 24.1 Å². The zero-order valence-electron chi connectivity index (χ0n) is 10.8. The summed E-state index contributed by atoms with van der Waals surface area (Å²) in [4.78, 5) is 8.47. The Morgan fingerprint density at radius 1 is 1.06 bits per heavy atom. The van der Waals surface area contributed by atoms with Crippen molar-refractivity contribution in [1.29, 1.82) is 0 Å². The number of allylic oxidation sites excluding steroid dienone is 4. The highest BCUT2D eigenvalue weighted by Gasteiger charge is 1.93. The summed E-state index contributed by atoms with van der Waals surface area (Å²) in [5, 5.41) is 17.8. The summed E-state index contributed by atoms with van der Waals surface area (Å²) in [6.45, 7) is 5.89. The van der Waals surface area contributed by atoms with E-state index >= 15 is 0 Å². The summed E-state index contributed by atoms with van der Waals surface area (Å²) in [6.07, 6.45) is 8.23. The van der Waals surface area contributed by atoms with Gasteiger partial charge >= 0.3 is 0 Å². The Hall–Kier alpha value is -1.58. The third kappa shape index (κ3) is 12.4. The minimum Gasteiger partial charge on any atom is -0.513 e. The van der Waals surface area contributed by atoms with Crippen molar-refractivity contribution in [1.82, 2.24) is 0 Å². The standard InChI is InChI=1S/C13H22N2O2/c1-11(15-9-5-7-13(3)17)10-14-8-4-6-12(2)16/h6-9,11,16-17H,4-5,10H2,1-3H3. The van der Waals surface area contributed by atoms with Gasteiger partial charge in [0.25, 0.3) is 0 Å². The molecule has 0 aliphatic heterocycles. The van der Waals surface area contributed by atoms with Crippen LogP contribution in [0.1, 0.15) is 33.6 Å². The molecule has 0 aromatic carbocycles. The highest BCUT2D eigenvalue weighted by Crippen LogP contribution is 1.93. The molecule has 96 valence electrons. The van der Waals surface area contributed by atoms with Crippen LogP contribution in [0.2, 0.25) is 0 Å². The average Bonchev–Trinajstić information content (AvgIpc) is 2.23. The highest BCUT2D eigenvalue weighted by molar-refractivity contribution is 5.60. The van der Waals surface area contributed by atoms with Gasteiger partial charge in [0.1, 0.15) is 0 Å². The summed E-state index contributed by atoms with van der Waals surface area (Å²) in [7, 11) is 0. The Morgan fingerprint density at radius 3 is 2.12 bits per heavy atom. The molecule has 1 atom stereocenters. The van der Waals surface area contributed by atoms with Crippen molar-refractivity contribution >= 4 is 12.4 Å². The molecular formula is C13H22N2O2. The Balaban J connectivity index is 3.75. The Morgan fingerprint density at radius 2 is 1.59 bits per heavy atom. The van der Waals surface area contributed by atoms with E-state index in [4.69, 9.17) is 10.2 Å². The molecule has 2 N–H and O–H groups in total. The van der Waals surface area contributed by atoms with Crippen LogP contribution in [0, 0.1) is 0 Å². The lowest BCUT2D eigenvalue weighted by Crippen LogP contribution is -2.03. The number of nitrogens with zero attached hydrogens (tertiary/aromatic N) is 2. The zero-order valence-corrected chi connectivity index (χ0v) is 10.8. The van der Waals surface area contributed by atoms with Crippen molar-refractivity contribution in [2.75, 3.05) is 6.54 Å². The van der Waals surface area contributed by atoms with Crippen molar-refractivity contribution in [3.63, 3.8) is 0 Å². The van der Waals surface area contributed by atoms with E-state index in [0.29, 0.717) is 30.9 Å². The second kappa shape index (κ2) is 9.63. The third-order valence-electron chi connectivity index (χ3n) is 1.90. The van der Waals surface area contributed by atoms with E-state index in [2.05, 4.69) is 9.98 Å². The van der Waals surface area contributed by atoms with Gasteiger partial charge in [-0.15, -0.1) is 0 Å². The maximum absolute atomic E-state index is 8.91. The largest absolute Gasteiger partial charge is 0.513 e. The molecular weight excluding hydrogens is 216 g/mol.